The number of rotatable bonds is 4. The standard InChI is InChI=1S/C20H22N6O.2ClH/c1-14-2-3-16(15-4-8-21-9-5-15)12-18(14)23-20(27)19-13-26(25-24-19)17-6-10-22-11-7-17;;/h2-5,8-9,12-13,17,22H,6-7,10-11H2,1H3,(H,23,27);2*1H. The lowest BCUT2D eigenvalue weighted by Gasteiger charge is -2.22. The summed E-state index contributed by atoms with van der Waals surface area (Å²) in [4.78, 5) is 16.7. The van der Waals surface area contributed by atoms with E-state index in [0.29, 0.717) is 11.7 Å². The Kier molecular flexibility index (Phi) is 8.13. The molecule has 0 bridgehead atoms. The van der Waals surface area contributed by atoms with Crippen molar-refractivity contribution in [3.05, 3.63) is 60.2 Å². The molecule has 7 nitrogen and oxygen atoms in total. The summed E-state index contributed by atoms with van der Waals surface area (Å²) >= 11 is 0. The predicted molar refractivity (Wildman–Crippen MR) is 118 cm³/mol. The summed E-state index contributed by atoms with van der Waals surface area (Å²) in [7, 11) is 0. The quantitative estimate of drug-likeness (QED) is 0.653. The Labute approximate surface area is 182 Å². The molecule has 3 aromatic rings. The van der Waals surface area contributed by atoms with Gasteiger partial charge < -0.3 is 10.6 Å². The van der Waals surface area contributed by atoms with Gasteiger partial charge in [0.2, 0.25) is 0 Å². The SMILES string of the molecule is Cc1ccc(-c2ccncc2)cc1NC(=O)c1cn(C2CCNCC2)nn1.Cl.Cl. The fraction of sp³-hybridized carbons (Fsp3) is 0.300. The van der Waals surface area contributed by atoms with Gasteiger partial charge in [0.25, 0.3) is 5.91 Å². The Hall–Kier alpha value is -2.48. The number of halogens is 2. The summed E-state index contributed by atoms with van der Waals surface area (Å²) in [5.74, 6) is -0.245. The smallest absolute Gasteiger partial charge is 0.277 e. The molecule has 1 fully saturated rings. The first-order valence-electron chi connectivity index (χ1n) is 9.15. The number of anilines is 1. The Bertz CT molecular complexity index is 941. The molecule has 154 valence electrons. The molecular weight excluding hydrogens is 411 g/mol. The molecular formula is C20H24Cl2N6O. The second kappa shape index (κ2) is 10.3. The lowest BCUT2D eigenvalue weighted by Crippen LogP contribution is -2.29. The molecule has 1 aromatic carbocycles. The second-order valence-corrected chi connectivity index (χ2v) is 6.78. The van der Waals surface area contributed by atoms with E-state index in [1.54, 1.807) is 18.6 Å². The molecule has 9 heteroatoms. The minimum Gasteiger partial charge on any atom is -0.320 e. The zero-order valence-corrected chi connectivity index (χ0v) is 17.7. The number of benzene rings is 1. The molecule has 0 atom stereocenters. The molecule has 3 heterocycles. The van der Waals surface area contributed by atoms with Crippen molar-refractivity contribution in [3.8, 4) is 11.1 Å². The highest BCUT2D eigenvalue weighted by Gasteiger charge is 2.19. The largest absolute Gasteiger partial charge is 0.320 e. The van der Waals surface area contributed by atoms with Gasteiger partial charge in [-0.25, -0.2) is 4.68 Å². The molecule has 0 radical (unpaired) electrons. The highest BCUT2D eigenvalue weighted by molar-refractivity contribution is 6.03. The van der Waals surface area contributed by atoms with E-state index in [4.69, 9.17) is 0 Å². The van der Waals surface area contributed by atoms with Crippen LogP contribution in [0.25, 0.3) is 11.1 Å². The van der Waals surface area contributed by atoms with E-state index in [1.165, 1.54) is 0 Å². The van der Waals surface area contributed by atoms with E-state index in [9.17, 15) is 4.79 Å². The fourth-order valence-corrected chi connectivity index (χ4v) is 3.30. The maximum absolute atomic E-state index is 12.7. The minimum absolute atomic E-state index is 0. The van der Waals surface area contributed by atoms with Gasteiger partial charge in [-0.05, 0) is 67.7 Å². The van der Waals surface area contributed by atoms with Crippen molar-refractivity contribution in [1.29, 1.82) is 0 Å². The molecule has 0 aliphatic carbocycles. The van der Waals surface area contributed by atoms with Crippen molar-refractivity contribution >= 4 is 36.4 Å². The van der Waals surface area contributed by atoms with Gasteiger partial charge in [0.15, 0.2) is 5.69 Å². The number of nitrogens with one attached hydrogen (secondary N) is 2. The third-order valence-corrected chi connectivity index (χ3v) is 4.93. The molecule has 1 aliphatic rings. The molecule has 0 spiro atoms. The first kappa shape index (κ1) is 22.8. The van der Waals surface area contributed by atoms with Crippen LogP contribution in [0.2, 0.25) is 0 Å². The van der Waals surface area contributed by atoms with Crippen LogP contribution in [-0.2, 0) is 0 Å². The molecule has 1 aliphatic heterocycles. The number of amides is 1. The van der Waals surface area contributed by atoms with E-state index in [2.05, 4.69) is 25.9 Å². The summed E-state index contributed by atoms with van der Waals surface area (Å²) in [5, 5.41) is 14.5. The molecule has 0 unspecified atom stereocenters. The summed E-state index contributed by atoms with van der Waals surface area (Å²) in [6, 6.07) is 10.2. The number of hydrogen-bond acceptors (Lipinski definition) is 5. The van der Waals surface area contributed by atoms with Crippen LogP contribution in [0.15, 0.2) is 48.9 Å². The van der Waals surface area contributed by atoms with Gasteiger partial charge in [0.05, 0.1) is 12.2 Å². The highest BCUT2D eigenvalue weighted by Crippen LogP contribution is 2.25. The van der Waals surface area contributed by atoms with Gasteiger partial charge >= 0.3 is 0 Å². The Morgan fingerprint density at radius 1 is 1.10 bits per heavy atom. The van der Waals surface area contributed by atoms with Crippen LogP contribution in [0.3, 0.4) is 0 Å². The zero-order chi connectivity index (χ0) is 18.6. The number of hydrogen-bond donors (Lipinski definition) is 2. The lowest BCUT2D eigenvalue weighted by atomic mass is 10.0. The minimum atomic E-state index is -0.245. The first-order valence-corrected chi connectivity index (χ1v) is 9.15. The van der Waals surface area contributed by atoms with Crippen LogP contribution < -0.4 is 10.6 Å². The Morgan fingerprint density at radius 2 is 1.83 bits per heavy atom. The lowest BCUT2D eigenvalue weighted by molar-refractivity contribution is 0.102. The summed E-state index contributed by atoms with van der Waals surface area (Å²) in [5.41, 5.74) is 4.17. The predicted octanol–water partition coefficient (Wildman–Crippen LogP) is 3.67. The van der Waals surface area contributed by atoms with Crippen LogP contribution in [0.4, 0.5) is 5.69 Å². The van der Waals surface area contributed by atoms with Crippen molar-refractivity contribution < 1.29 is 4.79 Å². The van der Waals surface area contributed by atoms with E-state index in [0.717, 1.165) is 48.3 Å². The number of piperidine rings is 1. The molecule has 2 aromatic heterocycles. The van der Waals surface area contributed by atoms with Crippen LogP contribution in [0.1, 0.15) is 34.9 Å². The van der Waals surface area contributed by atoms with Crippen molar-refractivity contribution in [2.24, 2.45) is 0 Å². The van der Waals surface area contributed by atoms with Gasteiger partial charge in [-0.3, -0.25) is 9.78 Å². The van der Waals surface area contributed by atoms with Gasteiger partial charge in [-0.2, -0.15) is 0 Å². The number of aryl methyl sites for hydroxylation is 1. The first-order chi connectivity index (χ1) is 13.2. The third kappa shape index (κ3) is 5.32. The molecule has 1 amide bonds. The maximum atomic E-state index is 12.7. The van der Waals surface area contributed by atoms with Crippen molar-refractivity contribution in [3.63, 3.8) is 0 Å². The van der Waals surface area contributed by atoms with Gasteiger partial charge in [-0.1, -0.05) is 17.3 Å². The van der Waals surface area contributed by atoms with Gasteiger partial charge in [0.1, 0.15) is 0 Å². The van der Waals surface area contributed by atoms with E-state index in [1.807, 2.05) is 41.9 Å². The molecule has 4 rings (SSSR count). The number of carbonyl (C=O) groups is 1. The van der Waals surface area contributed by atoms with Gasteiger partial charge in [-0.15, -0.1) is 29.9 Å². The molecule has 2 N–H and O–H groups in total. The zero-order valence-electron chi connectivity index (χ0n) is 16.0. The Balaban J connectivity index is 0.00000150. The highest BCUT2D eigenvalue weighted by atomic mass is 35.5. The normalized spacial score (nSPS) is 13.8. The molecule has 29 heavy (non-hydrogen) atoms. The number of carbonyl (C=O) groups excluding carboxylic acids is 1. The summed E-state index contributed by atoms with van der Waals surface area (Å²) in [6.07, 6.45) is 7.25. The molecule has 0 saturated carbocycles. The second-order valence-electron chi connectivity index (χ2n) is 6.78. The number of aromatic nitrogens is 4. The van der Waals surface area contributed by atoms with Crippen LogP contribution in [-0.4, -0.2) is 39.0 Å². The number of nitrogens with zero attached hydrogens (tertiary/aromatic N) is 4. The summed E-state index contributed by atoms with van der Waals surface area (Å²) < 4.78 is 1.82. The average molecular weight is 435 g/mol. The van der Waals surface area contributed by atoms with Crippen LogP contribution >= 0.6 is 24.8 Å². The van der Waals surface area contributed by atoms with Crippen LogP contribution in [0.5, 0.6) is 0 Å². The Morgan fingerprint density at radius 3 is 2.55 bits per heavy atom. The maximum Gasteiger partial charge on any atom is 0.277 e. The van der Waals surface area contributed by atoms with Gasteiger partial charge in [0, 0.05) is 18.1 Å². The molecule has 1 saturated heterocycles. The third-order valence-electron chi connectivity index (χ3n) is 4.93. The van der Waals surface area contributed by atoms with Crippen LogP contribution in [0, 0.1) is 6.92 Å². The van der Waals surface area contributed by atoms with Crippen molar-refractivity contribution in [2.45, 2.75) is 25.8 Å². The fourth-order valence-electron chi connectivity index (χ4n) is 3.30. The van der Waals surface area contributed by atoms with E-state index >= 15 is 0 Å². The number of pyridine rings is 1. The summed E-state index contributed by atoms with van der Waals surface area (Å²) in [6.45, 7) is 3.90. The topological polar surface area (TPSA) is 84.7 Å². The monoisotopic (exact) mass is 434 g/mol. The van der Waals surface area contributed by atoms with E-state index < -0.39 is 0 Å². The average Bonchev–Trinajstić information content (AvgIpc) is 3.21. The van der Waals surface area contributed by atoms with E-state index in [-0.39, 0.29) is 30.7 Å². The van der Waals surface area contributed by atoms with Crippen molar-refractivity contribution in [1.82, 2.24) is 25.3 Å². The van der Waals surface area contributed by atoms with Crippen molar-refractivity contribution in [2.75, 3.05) is 18.4 Å².